The molecule has 92 valence electrons. The van der Waals surface area contributed by atoms with Gasteiger partial charge in [-0.15, -0.1) is 0 Å². The smallest absolute Gasteiger partial charge is 0.138 e. The second kappa shape index (κ2) is 4.88. The summed E-state index contributed by atoms with van der Waals surface area (Å²) in [6.07, 6.45) is 0.954. The van der Waals surface area contributed by atoms with Gasteiger partial charge in [-0.05, 0) is 42.7 Å². The van der Waals surface area contributed by atoms with E-state index < -0.39 is 0 Å². The van der Waals surface area contributed by atoms with Crippen LogP contribution in [0.3, 0.4) is 0 Å². The van der Waals surface area contributed by atoms with Crippen LogP contribution in [0.1, 0.15) is 35.6 Å². The first-order chi connectivity index (χ1) is 8.11. The Morgan fingerprint density at radius 3 is 2.47 bits per heavy atom. The molecule has 2 rings (SSSR count). The monoisotopic (exact) mass is 234 g/mol. The van der Waals surface area contributed by atoms with Crippen molar-refractivity contribution in [2.24, 2.45) is 0 Å². The van der Waals surface area contributed by atoms with E-state index in [2.05, 4.69) is 12.1 Å². The minimum Gasteiger partial charge on any atom is -0.496 e. The van der Waals surface area contributed by atoms with Crippen LogP contribution in [0.5, 0.6) is 5.75 Å². The van der Waals surface area contributed by atoms with Gasteiger partial charge in [-0.3, -0.25) is 4.79 Å². The number of hydrogen-bond acceptors (Lipinski definition) is 3. The Labute approximate surface area is 102 Å². The van der Waals surface area contributed by atoms with Crippen molar-refractivity contribution >= 4 is 5.78 Å². The lowest BCUT2D eigenvalue weighted by Crippen LogP contribution is -2.19. The molecule has 0 N–H and O–H groups in total. The van der Waals surface area contributed by atoms with E-state index in [1.165, 1.54) is 0 Å². The Hall–Kier alpha value is -1.35. The van der Waals surface area contributed by atoms with E-state index in [4.69, 9.17) is 9.47 Å². The van der Waals surface area contributed by atoms with Crippen molar-refractivity contribution in [2.45, 2.75) is 32.8 Å². The summed E-state index contributed by atoms with van der Waals surface area (Å²) in [6.45, 7) is 4.56. The van der Waals surface area contributed by atoms with Gasteiger partial charge in [0.1, 0.15) is 11.5 Å². The summed E-state index contributed by atoms with van der Waals surface area (Å²) in [4.78, 5) is 11.4. The summed E-state index contributed by atoms with van der Waals surface area (Å²) in [5.74, 6) is 1.20. The van der Waals surface area contributed by atoms with Crippen molar-refractivity contribution in [2.75, 3.05) is 13.7 Å². The topological polar surface area (TPSA) is 35.5 Å². The van der Waals surface area contributed by atoms with Gasteiger partial charge in [0.2, 0.25) is 0 Å². The minimum absolute atomic E-state index is 0.0837. The first kappa shape index (κ1) is 12.1. The van der Waals surface area contributed by atoms with E-state index >= 15 is 0 Å². The summed E-state index contributed by atoms with van der Waals surface area (Å²) in [6, 6.07) is 4.10. The molecule has 0 spiro atoms. The van der Waals surface area contributed by atoms with Crippen LogP contribution < -0.4 is 4.74 Å². The fourth-order valence-corrected chi connectivity index (χ4v) is 2.39. The van der Waals surface area contributed by atoms with Gasteiger partial charge >= 0.3 is 0 Å². The van der Waals surface area contributed by atoms with E-state index in [9.17, 15) is 4.79 Å². The van der Waals surface area contributed by atoms with Crippen molar-refractivity contribution in [3.63, 3.8) is 0 Å². The standard InChI is InChI=1S/C14H18O3/c1-9-6-11(7-10(2)14(9)16-3)13-8-12(15)4-5-17-13/h6-7,13H,4-5,8H2,1-3H3. The number of methoxy groups -OCH3 is 1. The Morgan fingerprint density at radius 2 is 1.94 bits per heavy atom. The maximum atomic E-state index is 11.4. The van der Waals surface area contributed by atoms with E-state index in [0.29, 0.717) is 19.4 Å². The molecule has 1 fully saturated rings. The van der Waals surface area contributed by atoms with Crippen LogP contribution >= 0.6 is 0 Å². The Balaban J connectivity index is 2.30. The van der Waals surface area contributed by atoms with E-state index in [-0.39, 0.29) is 11.9 Å². The highest BCUT2D eigenvalue weighted by Gasteiger charge is 2.22. The van der Waals surface area contributed by atoms with Gasteiger partial charge < -0.3 is 9.47 Å². The quantitative estimate of drug-likeness (QED) is 0.789. The van der Waals surface area contributed by atoms with E-state index in [0.717, 1.165) is 22.4 Å². The lowest BCUT2D eigenvalue weighted by molar-refractivity contribution is -0.128. The molecular formula is C14H18O3. The molecule has 1 aliphatic heterocycles. The molecule has 3 nitrogen and oxygen atoms in total. The molecule has 0 amide bonds. The first-order valence-electron chi connectivity index (χ1n) is 5.90. The molecule has 1 unspecified atom stereocenters. The van der Waals surface area contributed by atoms with Crippen LogP contribution in [0.15, 0.2) is 12.1 Å². The van der Waals surface area contributed by atoms with Gasteiger partial charge in [-0.25, -0.2) is 0 Å². The molecule has 0 aromatic heterocycles. The molecule has 0 radical (unpaired) electrons. The average Bonchev–Trinajstić information content (AvgIpc) is 2.28. The highest BCUT2D eigenvalue weighted by molar-refractivity contribution is 5.79. The molecule has 1 saturated heterocycles. The molecule has 3 heteroatoms. The van der Waals surface area contributed by atoms with Crippen LogP contribution in [0.2, 0.25) is 0 Å². The number of ketones is 1. The summed E-state index contributed by atoms with van der Waals surface area (Å²) < 4.78 is 11.0. The number of hydrogen-bond donors (Lipinski definition) is 0. The summed E-state index contributed by atoms with van der Waals surface area (Å²) in [7, 11) is 1.68. The zero-order valence-electron chi connectivity index (χ0n) is 10.6. The molecule has 0 saturated carbocycles. The van der Waals surface area contributed by atoms with Crippen molar-refractivity contribution < 1.29 is 14.3 Å². The van der Waals surface area contributed by atoms with Gasteiger partial charge in [0.15, 0.2) is 0 Å². The van der Waals surface area contributed by atoms with Crippen molar-refractivity contribution in [1.82, 2.24) is 0 Å². The average molecular weight is 234 g/mol. The Bertz CT molecular complexity index is 414. The Morgan fingerprint density at radius 1 is 1.29 bits per heavy atom. The maximum Gasteiger partial charge on any atom is 0.138 e. The van der Waals surface area contributed by atoms with Crippen LogP contribution in [0.25, 0.3) is 0 Å². The number of benzene rings is 1. The predicted octanol–water partition coefficient (Wildman–Crippen LogP) is 2.73. The minimum atomic E-state index is -0.0837. The molecule has 1 aromatic rings. The van der Waals surface area contributed by atoms with Crippen LogP contribution in [0.4, 0.5) is 0 Å². The molecule has 1 aromatic carbocycles. The van der Waals surface area contributed by atoms with Gasteiger partial charge in [-0.1, -0.05) is 0 Å². The van der Waals surface area contributed by atoms with Crippen molar-refractivity contribution in [3.05, 3.63) is 28.8 Å². The molecule has 17 heavy (non-hydrogen) atoms. The zero-order valence-corrected chi connectivity index (χ0v) is 10.6. The molecule has 1 aliphatic rings. The number of carbonyl (C=O) groups is 1. The number of ether oxygens (including phenoxy) is 2. The second-order valence-electron chi connectivity index (χ2n) is 4.54. The van der Waals surface area contributed by atoms with Gasteiger partial charge in [0.05, 0.1) is 19.8 Å². The van der Waals surface area contributed by atoms with E-state index in [1.807, 2.05) is 13.8 Å². The Kier molecular flexibility index (Phi) is 3.48. The molecule has 1 atom stereocenters. The van der Waals surface area contributed by atoms with Crippen molar-refractivity contribution in [3.8, 4) is 5.75 Å². The maximum absolute atomic E-state index is 11.4. The fraction of sp³-hybridized carbons (Fsp3) is 0.500. The van der Waals surface area contributed by atoms with Crippen LogP contribution in [-0.2, 0) is 9.53 Å². The molecule has 1 heterocycles. The first-order valence-corrected chi connectivity index (χ1v) is 5.90. The lowest BCUT2D eigenvalue weighted by Gasteiger charge is -2.23. The van der Waals surface area contributed by atoms with Gasteiger partial charge in [0.25, 0.3) is 0 Å². The van der Waals surface area contributed by atoms with Gasteiger partial charge in [-0.2, -0.15) is 0 Å². The second-order valence-corrected chi connectivity index (χ2v) is 4.54. The van der Waals surface area contributed by atoms with Crippen LogP contribution in [0, 0.1) is 13.8 Å². The summed E-state index contributed by atoms with van der Waals surface area (Å²) >= 11 is 0. The summed E-state index contributed by atoms with van der Waals surface area (Å²) in [5.41, 5.74) is 3.25. The molecular weight excluding hydrogens is 216 g/mol. The number of carbonyl (C=O) groups excluding carboxylic acids is 1. The zero-order chi connectivity index (χ0) is 12.4. The molecule has 0 aliphatic carbocycles. The van der Waals surface area contributed by atoms with Gasteiger partial charge in [0, 0.05) is 12.8 Å². The fourth-order valence-electron chi connectivity index (χ4n) is 2.39. The van der Waals surface area contributed by atoms with E-state index in [1.54, 1.807) is 7.11 Å². The number of aryl methyl sites for hydroxylation is 2. The normalized spacial score (nSPS) is 20.4. The number of Topliss-reactive ketones (excluding diaryl/α,β-unsaturated/α-hetero) is 1. The predicted molar refractivity (Wildman–Crippen MR) is 65.4 cm³/mol. The third kappa shape index (κ3) is 2.50. The van der Waals surface area contributed by atoms with Crippen molar-refractivity contribution in [1.29, 1.82) is 0 Å². The molecule has 0 bridgehead atoms. The number of rotatable bonds is 2. The summed E-state index contributed by atoms with van der Waals surface area (Å²) in [5, 5.41) is 0. The third-order valence-corrected chi connectivity index (χ3v) is 3.17. The highest BCUT2D eigenvalue weighted by Crippen LogP contribution is 2.31. The van der Waals surface area contributed by atoms with Crippen LogP contribution in [-0.4, -0.2) is 19.5 Å². The largest absolute Gasteiger partial charge is 0.496 e. The third-order valence-electron chi connectivity index (χ3n) is 3.17. The highest BCUT2D eigenvalue weighted by atomic mass is 16.5. The lowest BCUT2D eigenvalue weighted by atomic mass is 9.96. The SMILES string of the molecule is COc1c(C)cc(C2CC(=O)CCO2)cc1C.